The standard InChI is InChI=1S/C20H22N4O2S/c1-14-6-5-9-17-18(14)22-20(27-17)24-12-10-23(11-13-24)19(25)21-15-7-3-4-8-16(15)26-2/h3-9H,10-13H2,1-2H3,(H,21,25). The zero-order chi connectivity index (χ0) is 18.8. The maximum atomic E-state index is 12.6. The Morgan fingerprint density at radius 2 is 1.89 bits per heavy atom. The average molecular weight is 382 g/mol. The van der Waals surface area contributed by atoms with Crippen LogP contribution in [0.25, 0.3) is 10.2 Å². The van der Waals surface area contributed by atoms with Crippen LogP contribution in [0.3, 0.4) is 0 Å². The van der Waals surface area contributed by atoms with E-state index < -0.39 is 0 Å². The number of nitrogens with zero attached hydrogens (tertiary/aromatic N) is 3. The van der Waals surface area contributed by atoms with Gasteiger partial charge in [-0.05, 0) is 30.7 Å². The first-order chi connectivity index (χ1) is 13.2. The van der Waals surface area contributed by atoms with Crippen molar-refractivity contribution in [3.8, 4) is 5.75 Å². The van der Waals surface area contributed by atoms with E-state index in [-0.39, 0.29) is 6.03 Å². The van der Waals surface area contributed by atoms with Gasteiger partial charge in [-0.15, -0.1) is 0 Å². The molecule has 0 saturated carbocycles. The van der Waals surface area contributed by atoms with Crippen molar-refractivity contribution in [2.75, 3.05) is 43.5 Å². The highest BCUT2D eigenvalue weighted by atomic mass is 32.1. The Labute approximate surface area is 162 Å². The fourth-order valence-corrected chi connectivity index (χ4v) is 4.35. The number of fused-ring (bicyclic) bond motifs is 1. The first-order valence-corrected chi connectivity index (χ1v) is 9.77. The Kier molecular flexibility index (Phi) is 4.85. The lowest BCUT2D eigenvalue weighted by Crippen LogP contribution is -2.50. The number of amides is 2. The second-order valence-electron chi connectivity index (χ2n) is 6.52. The molecule has 2 heterocycles. The Balaban J connectivity index is 1.40. The number of carbonyl (C=O) groups excluding carboxylic acids is 1. The Bertz CT molecular complexity index is 964. The van der Waals surface area contributed by atoms with Crippen LogP contribution in [-0.2, 0) is 0 Å². The fraction of sp³-hybridized carbons (Fsp3) is 0.300. The quantitative estimate of drug-likeness (QED) is 0.745. The van der Waals surface area contributed by atoms with Crippen molar-refractivity contribution in [2.45, 2.75) is 6.92 Å². The number of nitrogens with one attached hydrogen (secondary N) is 1. The number of methoxy groups -OCH3 is 1. The lowest BCUT2D eigenvalue weighted by molar-refractivity contribution is 0.208. The van der Waals surface area contributed by atoms with Crippen molar-refractivity contribution in [3.05, 3.63) is 48.0 Å². The lowest BCUT2D eigenvalue weighted by atomic mass is 10.2. The van der Waals surface area contributed by atoms with Crippen LogP contribution in [0.5, 0.6) is 5.75 Å². The van der Waals surface area contributed by atoms with E-state index in [0.717, 1.165) is 23.7 Å². The zero-order valence-electron chi connectivity index (χ0n) is 15.4. The molecule has 1 aliphatic rings. The van der Waals surface area contributed by atoms with Gasteiger partial charge in [0.05, 0.1) is 23.0 Å². The Morgan fingerprint density at radius 3 is 2.63 bits per heavy atom. The Hall–Kier alpha value is -2.80. The molecule has 0 radical (unpaired) electrons. The van der Waals surface area contributed by atoms with Crippen LogP contribution >= 0.6 is 11.3 Å². The van der Waals surface area contributed by atoms with Gasteiger partial charge in [-0.1, -0.05) is 35.6 Å². The highest BCUT2D eigenvalue weighted by Crippen LogP contribution is 2.31. The molecule has 1 aromatic heterocycles. The first-order valence-electron chi connectivity index (χ1n) is 8.96. The summed E-state index contributed by atoms with van der Waals surface area (Å²) in [6, 6.07) is 13.6. The van der Waals surface area contributed by atoms with Crippen molar-refractivity contribution < 1.29 is 9.53 Å². The monoisotopic (exact) mass is 382 g/mol. The van der Waals surface area contributed by atoms with Crippen molar-refractivity contribution in [2.24, 2.45) is 0 Å². The van der Waals surface area contributed by atoms with Crippen LogP contribution in [-0.4, -0.2) is 49.2 Å². The number of thiazole rings is 1. The average Bonchev–Trinajstić information content (AvgIpc) is 3.14. The van der Waals surface area contributed by atoms with E-state index in [1.54, 1.807) is 18.4 Å². The number of piperazine rings is 1. The number of ether oxygens (including phenoxy) is 1. The normalized spacial score (nSPS) is 14.4. The molecule has 0 spiro atoms. The third-order valence-electron chi connectivity index (χ3n) is 4.80. The molecule has 27 heavy (non-hydrogen) atoms. The van der Waals surface area contributed by atoms with E-state index in [0.29, 0.717) is 24.5 Å². The van der Waals surface area contributed by atoms with E-state index >= 15 is 0 Å². The van der Waals surface area contributed by atoms with Crippen molar-refractivity contribution in [3.63, 3.8) is 0 Å². The zero-order valence-corrected chi connectivity index (χ0v) is 16.3. The molecule has 0 bridgehead atoms. The molecule has 6 nitrogen and oxygen atoms in total. The minimum atomic E-state index is -0.0979. The molecule has 0 atom stereocenters. The van der Waals surface area contributed by atoms with Crippen molar-refractivity contribution >= 4 is 38.4 Å². The molecule has 4 rings (SSSR count). The first kappa shape index (κ1) is 17.6. The molecular weight excluding hydrogens is 360 g/mol. The number of hydrogen-bond donors (Lipinski definition) is 1. The van der Waals surface area contributed by atoms with Crippen LogP contribution in [0.2, 0.25) is 0 Å². The summed E-state index contributed by atoms with van der Waals surface area (Å²) in [5.74, 6) is 0.661. The molecule has 3 aromatic rings. The van der Waals surface area contributed by atoms with Crippen LogP contribution in [0.4, 0.5) is 15.6 Å². The summed E-state index contributed by atoms with van der Waals surface area (Å²) >= 11 is 1.71. The molecule has 0 unspecified atom stereocenters. The van der Waals surface area contributed by atoms with Gasteiger partial charge >= 0.3 is 6.03 Å². The van der Waals surface area contributed by atoms with Crippen LogP contribution in [0.1, 0.15) is 5.56 Å². The number of benzene rings is 2. The second-order valence-corrected chi connectivity index (χ2v) is 7.53. The van der Waals surface area contributed by atoms with Gasteiger partial charge in [-0.2, -0.15) is 0 Å². The topological polar surface area (TPSA) is 57.7 Å². The van der Waals surface area contributed by atoms with E-state index in [2.05, 4.69) is 35.3 Å². The largest absolute Gasteiger partial charge is 0.495 e. The number of anilines is 2. The maximum absolute atomic E-state index is 12.6. The maximum Gasteiger partial charge on any atom is 0.322 e. The Morgan fingerprint density at radius 1 is 1.11 bits per heavy atom. The molecule has 1 saturated heterocycles. The number of carbonyl (C=O) groups is 1. The van der Waals surface area contributed by atoms with Gasteiger partial charge in [-0.25, -0.2) is 9.78 Å². The summed E-state index contributed by atoms with van der Waals surface area (Å²) in [6.07, 6.45) is 0. The predicted octanol–water partition coefficient (Wildman–Crippen LogP) is 3.97. The van der Waals surface area contributed by atoms with Gasteiger partial charge in [0, 0.05) is 26.2 Å². The van der Waals surface area contributed by atoms with Gasteiger partial charge in [0.15, 0.2) is 5.13 Å². The van der Waals surface area contributed by atoms with Crippen molar-refractivity contribution in [1.29, 1.82) is 0 Å². The summed E-state index contributed by atoms with van der Waals surface area (Å²) in [6.45, 7) is 4.97. The highest BCUT2D eigenvalue weighted by Gasteiger charge is 2.23. The van der Waals surface area contributed by atoms with Gasteiger partial charge in [0.1, 0.15) is 5.75 Å². The predicted molar refractivity (Wildman–Crippen MR) is 110 cm³/mol. The molecule has 7 heteroatoms. The van der Waals surface area contributed by atoms with E-state index in [1.807, 2.05) is 29.2 Å². The molecule has 2 amide bonds. The smallest absolute Gasteiger partial charge is 0.322 e. The molecule has 2 aromatic carbocycles. The molecule has 0 aliphatic carbocycles. The van der Waals surface area contributed by atoms with Crippen LogP contribution < -0.4 is 15.0 Å². The third kappa shape index (κ3) is 3.55. The van der Waals surface area contributed by atoms with E-state index in [1.165, 1.54) is 10.3 Å². The number of rotatable bonds is 3. The summed E-state index contributed by atoms with van der Waals surface area (Å²) in [7, 11) is 1.60. The van der Waals surface area contributed by atoms with Gasteiger partial charge in [0.2, 0.25) is 0 Å². The van der Waals surface area contributed by atoms with Crippen LogP contribution in [0, 0.1) is 6.92 Å². The number of aryl methyl sites for hydroxylation is 1. The van der Waals surface area contributed by atoms with E-state index in [4.69, 9.17) is 9.72 Å². The molecule has 1 aliphatic heterocycles. The van der Waals surface area contributed by atoms with Gasteiger partial charge in [0.25, 0.3) is 0 Å². The summed E-state index contributed by atoms with van der Waals surface area (Å²) in [5, 5.41) is 3.98. The number of hydrogen-bond acceptors (Lipinski definition) is 5. The minimum absolute atomic E-state index is 0.0979. The van der Waals surface area contributed by atoms with E-state index in [9.17, 15) is 4.79 Å². The summed E-state index contributed by atoms with van der Waals surface area (Å²) < 4.78 is 6.51. The number of urea groups is 1. The number of aromatic nitrogens is 1. The molecule has 1 fully saturated rings. The summed E-state index contributed by atoms with van der Waals surface area (Å²) in [4.78, 5) is 21.5. The molecule has 1 N–H and O–H groups in total. The van der Waals surface area contributed by atoms with Gasteiger partial charge in [-0.3, -0.25) is 0 Å². The van der Waals surface area contributed by atoms with Crippen molar-refractivity contribution in [1.82, 2.24) is 9.88 Å². The molecule has 140 valence electrons. The SMILES string of the molecule is COc1ccccc1NC(=O)N1CCN(c2nc3c(C)cccc3s2)CC1. The fourth-order valence-electron chi connectivity index (χ4n) is 3.25. The second kappa shape index (κ2) is 7.44. The lowest BCUT2D eigenvalue weighted by Gasteiger charge is -2.34. The summed E-state index contributed by atoms with van der Waals surface area (Å²) in [5.41, 5.74) is 2.97. The minimum Gasteiger partial charge on any atom is -0.495 e. The van der Waals surface area contributed by atoms with Crippen LogP contribution in [0.15, 0.2) is 42.5 Å². The number of para-hydroxylation sites is 3. The third-order valence-corrected chi connectivity index (χ3v) is 5.88. The highest BCUT2D eigenvalue weighted by molar-refractivity contribution is 7.22. The molecular formula is C20H22N4O2S. The van der Waals surface area contributed by atoms with Gasteiger partial charge < -0.3 is 19.9 Å².